The fraction of sp³-hybridized carbons (Fsp3) is 0.364. The molecule has 0 aliphatic heterocycles. The molecule has 1 rings (SSSR count). The standard InChI is InChI=1S/C11H17N3O5S/c1-18-5-6-20(16,17)14-9-4-3-8(11(12)13-15)7-10(9)19-2/h3-4,7,14-15H,5-6H2,1-2H3,(H2,12,13). The number of ether oxygens (including phenoxy) is 2. The van der Waals surface area contributed by atoms with Gasteiger partial charge in [-0.3, -0.25) is 4.72 Å². The van der Waals surface area contributed by atoms with Gasteiger partial charge in [-0.2, -0.15) is 0 Å². The number of oxime groups is 1. The topological polar surface area (TPSA) is 123 Å². The van der Waals surface area contributed by atoms with Crippen LogP contribution in [0.5, 0.6) is 5.75 Å². The molecule has 0 saturated heterocycles. The second kappa shape index (κ2) is 6.96. The number of nitrogens with two attached hydrogens (primary N) is 1. The first-order valence-electron chi connectivity index (χ1n) is 5.59. The minimum atomic E-state index is -3.53. The number of benzene rings is 1. The van der Waals surface area contributed by atoms with Gasteiger partial charge in [-0.05, 0) is 18.2 Å². The van der Waals surface area contributed by atoms with E-state index in [1.807, 2.05) is 0 Å². The number of sulfonamides is 1. The van der Waals surface area contributed by atoms with Crippen LogP contribution in [-0.4, -0.2) is 46.0 Å². The molecular weight excluding hydrogens is 286 g/mol. The van der Waals surface area contributed by atoms with E-state index in [9.17, 15) is 8.42 Å². The van der Waals surface area contributed by atoms with Crippen molar-refractivity contribution in [3.63, 3.8) is 0 Å². The maximum absolute atomic E-state index is 11.8. The lowest BCUT2D eigenvalue weighted by atomic mass is 10.2. The molecule has 0 amide bonds. The molecule has 1 aromatic carbocycles. The fourth-order valence-corrected chi connectivity index (χ4v) is 2.40. The Labute approximate surface area is 117 Å². The molecule has 0 saturated carbocycles. The molecule has 9 heteroatoms. The molecule has 0 radical (unpaired) electrons. The molecular formula is C11H17N3O5S. The summed E-state index contributed by atoms with van der Waals surface area (Å²) in [6, 6.07) is 4.44. The van der Waals surface area contributed by atoms with Gasteiger partial charge in [0.05, 0.1) is 25.2 Å². The molecule has 0 fully saturated rings. The Morgan fingerprint density at radius 2 is 2.15 bits per heavy atom. The predicted molar refractivity (Wildman–Crippen MR) is 74.8 cm³/mol. The van der Waals surface area contributed by atoms with E-state index < -0.39 is 10.0 Å². The van der Waals surface area contributed by atoms with Crippen molar-refractivity contribution in [3.8, 4) is 5.75 Å². The summed E-state index contributed by atoms with van der Waals surface area (Å²) in [6.45, 7) is 0.0832. The molecule has 0 spiro atoms. The third kappa shape index (κ3) is 4.28. The summed E-state index contributed by atoms with van der Waals surface area (Å²) in [5.41, 5.74) is 6.12. The number of amidine groups is 1. The number of rotatable bonds is 7. The number of anilines is 1. The van der Waals surface area contributed by atoms with E-state index >= 15 is 0 Å². The Balaban J connectivity index is 3.02. The van der Waals surface area contributed by atoms with Crippen LogP contribution >= 0.6 is 0 Å². The van der Waals surface area contributed by atoms with Crippen molar-refractivity contribution < 1.29 is 23.1 Å². The van der Waals surface area contributed by atoms with Crippen LogP contribution in [0.15, 0.2) is 23.4 Å². The number of nitrogens with zero attached hydrogens (tertiary/aromatic N) is 1. The summed E-state index contributed by atoms with van der Waals surface area (Å²) in [5.74, 6) is -0.0126. The largest absolute Gasteiger partial charge is 0.495 e. The highest BCUT2D eigenvalue weighted by Gasteiger charge is 2.14. The van der Waals surface area contributed by atoms with Crippen molar-refractivity contribution in [1.29, 1.82) is 0 Å². The molecule has 0 aromatic heterocycles. The van der Waals surface area contributed by atoms with Crippen LogP contribution in [0.25, 0.3) is 0 Å². The smallest absolute Gasteiger partial charge is 0.235 e. The molecule has 0 atom stereocenters. The lowest BCUT2D eigenvalue weighted by Crippen LogP contribution is -2.20. The maximum Gasteiger partial charge on any atom is 0.235 e. The summed E-state index contributed by atoms with van der Waals surface area (Å²) >= 11 is 0. The van der Waals surface area contributed by atoms with Crippen LogP contribution < -0.4 is 15.2 Å². The van der Waals surface area contributed by atoms with Gasteiger partial charge >= 0.3 is 0 Å². The van der Waals surface area contributed by atoms with E-state index in [2.05, 4.69) is 9.88 Å². The second-order valence-corrected chi connectivity index (χ2v) is 5.66. The summed E-state index contributed by atoms with van der Waals surface area (Å²) in [6.07, 6.45) is 0. The summed E-state index contributed by atoms with van der Waals surface area (Å²) in [7, 11) is -0.728. The van der Waals surface area contributed by atoms with Gasteiger partial charge in [-0.25, -0.2) is 8.42 Å². The minimum absolute atomic E-state index is 0.0832. The molecule has 0 aliphatic carbocycles. The average Bonchev–Trinajstić information content (AvgIpc) is 2.44. The average molecular weight is 303 g/mol. The van der Waals surface area contributed by atoms with E-state index in [4.69, 9.17) is 20.4 Å². The minimum Gasteiger partial charge on any atom is -0.495 e. The number of methoxy groups -OCH3 is 2. The number of nitrogens with one attached hydrogen (secondary N) is 1. The molecule has 4 N–H and O–H groups in total. The van der Waals surface area contributed by atoms with Gasteiger partial charge in [-0.15, -0.1) is 0 Å². The highest BCUT2D eigenvalue weighted by molar-refractivity contribution is 7.92. The molecule has 20 heavy (non-hydrogen) atoms. The zero-order valence-electron chi connectivity index (χ0n) is 11.2. The Bertz CT molecular complexity index is 586. The lowest BCUT2D eigenvalue weighted by Gasteiger charge is -2.12. The van der Waals surface area contributed by atoms with Crippen LogP contribution in [0.4, 0.5) is 5.69 Å². The van der Waals surface area contributed by atoms with Gasteiger partial charge in [-0.1, -0.05) is 5.16 Å². The Morgan fingerprint density at radius 3 is 2.70 bits per heavy atom. The van der Waals surface area contributed by atoms with E-state index in [1.165, 1.54) is 32.4 Å². The first kappa shape index (κ1) is 16.1. The quantitative estimate of drug-likeness (QED) is 0.286. The Hall–Kier alpha value is -2.00. The molecule has 0 bridgehead atoms. The van der Waals surface area contributed by atoms with Crippen molar-refractivity contribution in [2.45, 2.75) is 0 Å². The van der Waals surface area contributed by atoms with E-state index in [0.717, 1.165) is 0 Å². The van der Waals surface area contributed by atoms with Gasteiger partial charge in [0.25, 0.3) is 0 Å². The molecule has 8 nitrogen and oxygen atoms in total. The zero-order valence-corrected chi connectivity index (χ0v) is 12.0. The normalized spacial score (nSPS) is 12.2. The van der Waals surface area contributed by atoms with Gasteiger partial charge in [0.2, 0.25) is 10.0 Å². The van der Waals surface area contributed by atoms with E-state index in [0.29, 0.717) is 5.56 Å². The maximum atomic E-state index is 11.8. The number of hydrogen-bond acceptors (Lipinski definition) is 6. The van der Waals surface area contributed by atoms with Crippen molar-refractivity contribution in [3.05, 3.63) is 23.8 Å². The van der Waals surface area contributed by atoms with E-state index in [1.54, 1.807) is 0 Å². The van der Waals surface area contributed by atoms with Gasteiger partial charge in [0.1, 0.15) is 5.75 Å². The molecule has 1 aromatic rings. The summed E-state index contributed by atoms with van der Waals surface area (Å²) in [5, 5.41) is 11.5. The van der Waals surface area contributed by atoms with Crippen LogP contribution in [0.2, 0.25) is 0 Å². The second-order valence-electron chi connectivity index (χ2n) is 3.81. The SMILES string of the molecule is COCCS(=O)(=O)Nc1ccc(/C(N)=N/O)cc1OC. The zero-order chi connectivity index (χ0) is 15.2. The molecule has 0 unspecified atom stereocenters. The van der Waals surface area contributed by atoms with Crippen molar-refractivity contribution in [1.82, 2.24) is 0 Å². The van der Waals surface area contributed by atoms with Crippen molar-refractivity contribution >= 4 is 21.5 Å². The Kier molecular flexibility index (Phi) is 5.59. The van der Waals surface area contributed by atoms with Gasteiger partial charge in [0, 0.05) is 12.7 Å². The monoisotopic (exact) mass is 303 g/mol. The first-order chi connectivity index (χ1) is 9.43. The van der Waals surface area contributed by atoms with Crippen LogP contribution in [0.3, 0.4) is 0 Å². The fourth-order valence-electron chi connectivity index (χ4n) is 1.40. The Morgan fingerprint density at radius 1 is 1.45 bits per heavy atom. The third-order valence-electron chi connectivity index (χ3n) is 2.43. The van der Waals surface area contributed by atoms with Crippen LogP contribution in [0, 0.1) is 0 Å². The van der Waals surface area contributed by atoms with Gasteiger partial charge < -0.3 is 20.4 Å². The summed E-state index contributed by atoms with van der Waals surface area (Å²) < 4.78 is 35.7. The summed E-state index contributed by atoms with van der Waals surface area (Å²) in [4.78, 5) is 0. The lowest BCUT2D eigenvalue weighted by molar-refractivity contribution is 0.217. The molecule has 0 aliphatic rings. The van der Waals surface area contributed by atoms with Gasteiger partial charge in [0.15, 0.2) is 5.84 Å². The van der Waals surface area contributed by atoms with E-state index in [-0.39, 0.29) is 29.6 Å². The van der Waals surface area contributed by atoms with Crippen LogP contribution in [-0.2, 0) is 14.8 Å². The predicted octanol–water partition coefficient (Wildman–Crippen LogP) is 0.178. The van der Waals surface area contributed by atoms with Crippen molar-refractivity contribution in [2.75, 3.05) is 31.3 Å². The molecule has 112 valence electrons. The third-order valence-corrected chi connectivity index (χ3v) is 3.66. The van der Waals surface area contributed by atoms with Crippen molar-refractivity contribution in [2.24, 2.45) is 10.9 Å². The van der Waals surface area contributed by atoms with Crippen LogP contribution in [0.1, 0.15) is 5.56 Å². The first-order valence-corrected chi connectivity index (χ1v) is 7.24. The number of hydrogen-bond donors (Lipinski definition) is 3. The highest BCUT2D eigenvalue weighted by atomic mass is 32.2. The molecule has 0 heterocycles. The highest BCUT2D eigenvalue weighted by Crippen LogP contribution is 2.26.